The first-order chi connectivity index (χ1) is 8.15. The van der Waals surface area contributed by atoms with Crippen LogP contribution in [0.5, 0.6) is 0 Å². The molecule has 2 nitrogen and oxygen atoms in total. The molecule has 0 unspecified atom stereocenters. The quantitative estimate of drug-likeness (QED) is 0.815. The molecule has 0 aliphatic heterocycles. The molecule has 0 amide bonds. The van der Waals surface area contributed by atoms with Gasteiger partial charge in [0.05, 0.1) is 23.0 Å². The molecule has 0 fully saturated rings. The zero-order valence-electron chi connectivity index (χ0n) is 11.4. The number of halogens is 1. The standard InChI is InChI=1S/C15H17BrN2/c1-10-6-11(14(2,3)8-17)7-12(13(10)16)15(4,5)9-18/h6-7H,1-5H3. The molecule has 0 bridgehead atoms. The van der Waals surface area contributed by atoms with Gasteiger partial charge >= 0.3 is 0 Å². The summed E-state index contributed by atoms with van der Waals surface area (Å²) in [5, 5.41) is 18.5. The number of benzene rings is 1. The molecular formula is C15H17BrN2. The van der Waals surface area contributed by atoms with E-state index in [9.17, 15) is 10.5 Å². The largest absolute Gasteiger partial charge is 0.197 e. The average molecular weight is 305 g/mol. The Balaban J connectivity index is 3.58. The van der Waals surface area contributed by atoms with Gasteiger partial charge in [-0.25, -0.2) is 0 Å². The van der Waals surface area contributed by atoms with E-state index in [-0.39, 0.29) is 0 Å². The van der Waals surface area contributed by atoms with Crippen LogP contribution >= 0.6 is 15.9 Å². The van der Waals surface area contributed by atoms with E-state index >= 15 is 0 Å². The molecule has 1 aromatic rings. The van der Waals surface area contributed by atoms with E-state index in [1.165, 1.54) is 0 Å². The third-order valence-corrected chi connectivity index (χ3v) is 4.26. The molecule has 0 saturated carbocycles. The zero-order chi connectivity index (χ0) is 14.1. The predicted molar refractivity (Wildman–Crippen MR) is 76.2 cm³/mol. The molecule has 94 valence electrons. The van der Waals surface area contributed by atoms with Gasteiger partial charge in [0, 0.05) is 4.47 Å². The summed E-state index contributed by atoms with van der Waals surface area (Å²) in [4.78, 5) is 0. The lowest BCUT2D eigenvalue weighted by Crippen LogP contribution is -2.20. The monoisotopic (exact) mass is 304 g/mol. The Morgan fingerprint density at radius 3 is 1.94 bits per heavy atom. The van der Waals surface area contributed by atoms with E-state index in [1.54, 1.807) is 0 Å². The fourth-order valence-electron chi connectivity index (χ4n) is 1.71. The smallest absolute Gasteiger partial charge is 0.0777 e. The molecule has 0 heterocycles. The van der Waals surface area contributed by atoms with Gasteiger partial charge in [0.15, 0.2) is 0 Å². The van der Waals surface area contributed by atoms with Gasteiger partial charge in [0.25, 0.3) is 0 Å². The first kappa shape index (κ1) is 14.7. The summed E-state index contributed by atoms with van der Waals surface area (Å²) in [5.74, 6) is 0. The predicted octanol–water partition coefficient (Wildman–Crippen LogP) is 4.36. The zero-order valence-corrected chi connectivity index (χ0v) is 13.0. The summed E-state index contributed by atoms with van der Waals surface area (Å²) in [6, 6.07) is 8.58. The van der Waals surface area contributed by atoms with Crippen molar-refractivity contribution >= 4 is 15.9 Å². The lowest BCUT2D eigenvalue weighted by molar-refractivity contribution is 0.657. The number of hydrogen-bond acceptors (Lipinski definition) is 2. The molecule has 0 N–H and O–H groups in total. The molecule has 0 spiro atoms. The van der Waals surface area contributed by atoms with Gasteiger partial charge in [-0.3, -0.25) is 0 Å². The van der Waals surface area contributed by atoms with Crippen molar-refractivity contribution in [3.05, 3.63) is 33.3 Å². The minimum absolute atomic E-state index is 0.550. The van der Waals surface area contributed by atoms with Crippen LogP contribution in [0, 0.1) is 29.6 Å². The summed E-state index contributed by atoms with van der Waals surface area (Å²) in [7, 11) is 0. The number of aryl methyl sites for hydroxylation is 1. The average Bonchev–Trinajstić information content (AvgIpc) is 2.31. The molecule has 18 heavy (non-hydrogen) atoms. The van der Waals surface area contributed by atoms with Crippen molar-refractivity contribution in [2.45, 2.75) is 45.4 Å². The number of hydrogen-bond donors (Lipinski definition) is 0. The van der Waals surface area contributed by atoms with E-state index in [2.05, 4.69) is 28.1 Å². The Kier molecular flexibility index (Phi) is 3.89. The highest BCUT2D eigenvalue weighted by Crippen LogP contribution is 2.36. The van der Waals surface area contributed by atoms with Gasteiger partial charge in [-0.15, -0.1) is 0 Å². The van der Waals surface area contributed by atoms with E-state index in [0.717, 1.165) is 21.2 Å². The van der Waals surface area contributed by atoms with Gasteiger partial charge in [-0.05, 0) is 51.3 Å². The summed E-state index contributed by atoms with van der Waals surface area (Å²) >= 11 is 3.55. The third kappa shape index (κ3) is 2.57. The fourth-order valence-corrected chi connectivity index (χ4v) is 2.43. The van der Waals surface area contributed by atoms with E-state index in [4.69, 9.17) is 0 Å². The van der Waals surface area contributed by atoms with Crippen molar-refractivity contribution in [2.75, 3.05) is 0 Å². The van der Waals surface area contributed by atoms with Crippen LogP contribution in [0.2, 0.25) is 0 Å². The lowest BCUT2D eigenvalue weighted by Gasteiger charge is -2.24. The molecule has 0 radical (unpaired) electrons. The number of nitrogens with zero attached hydrogens (tertiary/aromatic N) is 2. The van der Waals surface area contributed by atoms with Crippen molar-refractivity contribution in [2.24, 2.45) is 0 Å². The normalized spacial score (nSPS) is 11.8. The van der Waals surface area contributed by atoms with Crippen LogP contribution in [0.4, 0.5) is 0 Å². The molecule has 0 aliphatic rings. The van der Waals surface area contributed by atoms with Crippen LogP contribution in [0.25, 0.3) is 0 Å². The van der Waals surface area contributed by atoms with Gasteiger partial charge in [0.1, 0.15) is 0 Å². The molecule has 0 aromatic heterocycles. The molecule has 1 rings (SSSR count). The highest BCUT2D eigenvalue weighted by Gasteiger charge is 2.28. The Labute approximate surface area is 117 Å². The van der Waals surface area contributed by atoms with Crippen LogP contribution in [-0.2, 0) is 10.8 Å². The van der Waals surface area contributed by atoms with Crippen LogP contribution in [0.1, 0.15) is 44.4 Å². The Hall–Kier alpha value is -1.32. The second-order valence-corrected chi connectivity index (χ2v) is 6.42. The van der Waals surface area contributed by atoms with Gasteiger partial charge in [0.2, 0.25) is 0 Å². The van der Waals surface area contributed by atoms with Crippen molar-refractivity contribution in [3.63, 3.8) is 0 Å². The van der Waals surface area contributed by atoms with Crippen LogP contribution < -0.4 is 0 Å². The first-order valence-corrected chi connectivity index (χ1v) is 6.58. The third-order valence-electron chi connectivity index (χ3n) is 3.21. The Bertz CT molecular complexity index is 557. The van der Waals surface area contributed by atoms with E-state index in [0.29, 0.717) is 0 Å². The Morgan fingerprint density at radius 1 is 1.00 bits per heavy atom. The van der Waals surface area contributed by atoms with E-state index < -0.39 is 10.8 Å². The highest BCUT2D eigenvalue weighted by molar-refractivity contribution is 9.10. The van der Waals surface area contributed by atoms with Crippen molar-refractivity contribution in [1.29, 1.82) is 10.5 Å². The van der Waals surface area contributed by atoms with Gasteiger partial charge < -0.3 is 0 Å². The second-order valence-electron chi connectivity index (χ2n) is 5.63. The van der Waals surface area contributed by atoms with Crippen LogP contribution in [0.3, 0.4) is 0 Å². The van der Waals surface area contributed by atoms with Crippen molar-refractivity contribution in [3.8, 4) is 12.1 Å². The van der Waals surface area contributed by atoms with Gasteiger partial charge in [-0.2, -0.15) is 10.5 Å². The maximum atomic E-state index is 9.28. The summed E-state index contributed by atoms with van der Waals surface area (Å²) in [5.41, 5.74) is 1.80. The Morgan fingerprint density at radius 2 is 1.50 bits per heavy atom. The molecule has 1 aromatic carbocycles. The van der Waals surface area contributed by atoms with Crippen molar-refractivity contribution in [1.82, 2.24) is 0 Å². The molecule has 3 heteroatoms. The summed E-state index contributed by atoms with van der Waals surface area (Å²) in [6.45, 7) is 9.53. The molecule has 0 atom stereocenters. The lowest BCUT2D eigenvalue weighted by atomic mass is 9.79. The maximum absolute atomic E-state index is 9.28. The van der Waals surface area contributed by atoms with Crippen molar-refractivity contribution < 1.29 is 0 Å². The van der Waals surface area contributed by atoms with E-state index in [1.807, 2.05) is 46.8 Å². The SMILES string of the molecule is Cc1cc(C(C)(C)C#N)cc(C(C)(C)C#N)c1Br. The number of rotatable bonds is 2. The topological polar surface area (TPSA) is 47.6 Å². The van der Waals surface area contributed by atoms with Crippen LogP contribution in [-0.4, -0.2) is 0 Å². The first-order valence-electron chi connectivity index (χ1n) is 5.79. The second kappa shape index (κ2) is 4.75. The maximum Gasteiger partial charge on any atom is 0.0777 e. The minimum atomic E-state index is -0.578. The molecular weight excluding hydrogens is 288 g/mol. The molecule has 0 saturated heterocycles. The molecule has 0 aliphatic carbocycles. The van der Waals surface area contributed by atoms with Crippen LogP contribution in [0.15, 0.2) is 16.6 Å². The fraction of sp³-hybridized carbons (Fsp3) is 0.467. The van der Waals surface area contributed by atoms with Gasteiger partial charge in [-0.1, -0.05) is 28.1 Å². The summed E-state index contributed by atoms with van der Waals surface area (Å²) < 4.78 is 0.950. The number of nitriles is 2. The summed E-state index contributed by atoms with van der Waals surface area (Å²) in [6.07, 6.45) is 0. The minimum Gasteiger partial charge on any atom is -0.197 e. The highest BCUT2D eigenvalue weighted by atomic mass is 79.9.